The Balaban J connectivity index is 2.03. The first-order valence-electron chi connectivity index (χ1n) is 10.5. The maximum atomic E-state index is 13.7. The third-order valence-electron chi connectivity index (χ3n) is 5.84. The second-order valence-electron chi connectivity index (χ2n) is 7.45. The standard InChI is InChI=1S/C24H28N4O3/c1-6-27(7-2)23(29)21-15(3)25-24-26-18-10-8-9-11-19(18)28(24)22(21)17-14-16(30-4)12-13-20(17)31-5/h8-14,22H,6-7H2,1-5H3,(H,25,26)/t22-/m0/s1. The van der Waals surface area contributed by atoms with E-state index in [1.807, 2.05) is 68.1 Å². The second kappa shape index (κ2) is 8.34. The number of para-hydroxylation sites is 2. The molecule has 162 valence electrons. The molecule has 1 aliphatic heterocycles. The van der Waals surface area contributed by atoms with Crippen molar-refractivity contribution in [3.05, 3.63) is 59.3 Å². The fourth-order valence-corrected chi connectivity index (χ4v) is 4.27. The van der Waals surface area contributed by atoms with Crippen molar-refractivity contribution in [2.45, 2.75) is 26.8 Å². The third-order valence-corrected chi connectivity index (χ3v) is 5.84. The fourth-order valence-electron chi connectivity index (χ4n) is 4.27. The van der Waals surface area contributed by atoms with Gasteiger partial charge in [0.15, 0.2) is 0 Å². The molecule has 0 saturated carbocycles. The number of ether oxygens (including phenoxy) is 2. The van der Waals surface area contributed by atoms with E-state index in [9.17, 15) is 4.79 Å². The van der Waals surface area contributed by atoms with Gasteiger partial charge in [0.05, 0.1) is 36.9 Å². The molecule has 0 spiro atoms. The Kier molecular flexibility index (Phi) is 5.59. The molecule has 0 unspecified atom stereocenters. The summed E-state index contributed by atoms with van der Waals surface area (Å²) in [6.45, 7) is 7.18. The van der Waals surface area contributed by atoms with Crippen LogP contribution in [0.5, 0.6) is 11.5 Å². The average Bonchev–Trinajstić information content (AvgIpc) is 3.16. The molecule has 4 rings (SSSR count). The molecule has 1 atom stereocenters. The first-order valence-corrected chi connectivity index (χ1v) is 10.5. The lowest BCUT2D eigenvalue weighted by Gasteiger charge is -2.33. The number of amides is 1. The number of likely N-dealkylation sites (N-methyl/N-ethyl adjacent to an activating group) is 1. The van der Waals surface area contributed by atoms with Crippen LogP contribution in [0.2, 0.25) is 0 Å². The maximum absolute atomic E-state index is 13.7. The molecule has 3 aromatic rings. The lowest BCUT2D eigenvalue weighted by molar-refractivity contribution is -0.127. The number of fused-ring (bicyclic) bond motifs is 3. The summed E-state index contributed by atoms with van der Waals surface area (Å²) in [4.78, 5) is 20.3. The van der Waals surface area contributed by atoms with Gasteiger partial charge in [-0.3, -0.25) is 9.36 Å². The van der Waals surface area contributed by atoms with Crippen molar-refractivity contribution >= 4 is 22.9 Å². The molecule has 1 N–H and O–H groups in total. The van der Waals surface area contributed by atoms with Crippen LogP contribution in [0.4, 0.5) is 5.95 Å². The van der Waals surface area contributed by atoms with Crippen molar-refractivity contribution in [1.82, 2.24) is 14.5 Å². The second-order valence-corrected chi connectivity index (χ2v) is 7.45. The maximum Gasteiger partial charge on any atom is 0.253 e. The minimum atomic E-state index is -0.415. The van der Waals surface area contributed by atoms with Crippen molar-refractivity contribution in [3.63, 3.8) is 0 Å². The van der Waals surface area contributed by atoms with E-state index in [2.05, 4.69) is 9.88 Å². The van der Waals surface area contributed by atoms with E-state index in [1.165, 1.54) is 0 Å². The number of hydrogen-bond donors (Lipinski definition) is 1. The SMILES string of the molecule is CCN(CC)C(=O)C1=C(C)Nc2nc3ccccc3n2[C@H]1c1cc(OC)ccc1OC. The summed E-state index contributed by atoms with van der Waals surface area (Å²) < 4.78 is 13.3. The van der Waals surface area contributed by atoms with Crippen LogP contribution in [-0.2, 0) is 4.79 Å². The molecular formula is C24H28N4O3. The monoisotopic (exact) mass is 420 g/mol. The summed E-state index contributed by atoms with van der Waals surface area (Å²) >= 11 is 0. The number of hydrogen-bond acceptors (Lipinski definition) is 5. The van der Waals surface area contributed by atoms with Crippen LogP contribution < -0.4 is 14.8 Å². The number of benzene rings is 2. The Morgan fingerprint density at radius 3 is 2.55 bits per heavy atom. The number of rotatable bonds is 6. The van der Waals surface area contributed by atoms with Gasteiger partial charge in [-0.15, -0.1) is 0 Å². The Bertz CT molecular complexity index is 1160. The number of aromatic nitrogens is 2. The number of carbonyl (C=O) groups excluding carboxylic acids is 1. The summed E-state index contributed by atoms with van der Waals surface area (Å²) in [6, 6.07) is 13.2. The van der Waals surface area contributed by atoms with E-state index in [-0.39, 0.29) is 5.91 Å². The summed E-state index contributed by atoms with van der Waals surface area (Å²) in [6.07, 6.45) is 0. The van der Waals surface area contributed by atoms with Crippen LogP contribution in [0.3, 0.4) is 0 Å². The molecule has 31 heavy (non-hydrogen) atoms. The van der Waals surface area contributed by atoms with Gasteiger partial charge in [0.25, 0.3) is 5.91 Å². The van der Waals surface area contributed by atoms with Gasteiger partial charge in [0, 0.05) is 24.4 Å². The van der Waals surface area contributed by atoms with Gasteiger partial charge in [0.1, 0.15) is 11.5 Å². The highest BCUT2D eigenvalue weighted by atomic mass is 16.5. The van der Waals surface area contributed by atoms with Crippen LogP contribution in [0.25, 0.3) is 11.0 Å². The van der Waals surface area contributed by atoms with Gasteiger partial charge in [0.2, 0.25) is 5.95 Å². The highest BCUT2D eigenvalue weighted by molar-refractivity contribution is 5.98. The van der Waals surface area contributed by atoms with E-state index in [0.717, 1.165) is 22.3 Å². The summed E-state index contributed by atoms with van der Waals surface area (Å²) in [7, 11) is 3.27. The Labute approximate surface area is 182 Å². The molecule has 7 heteroatoms. The van der Waals surface area contributed by atoms with Gasteiger partial charge >= 0.3 is 0 Å². The zero-order valence-corrected chi connectivity index (χ0v) is 18.6. The molecule has 0 radical (unpaired) electrons. The Morgan fingerprint density at radius 2 is 1.87 bits per heavy atom. The van der Waals surface area contributed by atoms with E-state index < -0.39 is 6.04 Å². The number of carbonyl (C=O) groups is 1. The number of methoxy groups -OCH3 is 2. The minimum Gasteiger partial charge on any atom is -0.497 e. The fraction of sp³-hybridized carbons (Fsp3) is 0.333. The molecule has 0 aliphatic carbocycles. The summed E-state index contributed by atoms with van der Waals surface area (Å²) in [5.41, 5.74) is 4.11. The third kappa shape index (κ3) is 3.40. The number of nitrogens with one attached hydrogen (secondary N) is 1. The number of nitrogens with zero attached hydrogens (tertiary/aromatic N) is 3. The molecule has 2 heterocycles. The van der Waals surface area contributed by atoms with Crippen molar-refractivity contribution in [1.29, 1.82) is 0 Å². The zero-order valence-electron chi connectivity index (χ0n) is 18.6. The van der Waals surface area contributed by atoms with E-state index in [1.54, 1.807) is 14.2 Å². The largest absolute Gasteiger partial charge is 0.497 e. The highest BCUT2D eigenvalue weighted by Gasteiger charge is 2.37. The summed E-state index contributed by atoms with van der Waals surface area (Å²) in [5, 5.41) is 3.36. The van der Waals surface area contributed by atoms with Crippen LogP contribution in [-0.4, -0.2) is 47.7 Å². The normalized spacial score (nSPS) is 15.5. The first kappa shape index (κ1) is 20.8. The molecular weight excluding hydrogens is 392 g/mol. The lowest BCUT2D eigenvalue weighted by atomic mass is 9.93. The first-order chi connectivity index (χ1) is 15.0. The Morgan fingerprint density at radius 1 is 1.13 bits per heavy atom. The molecule has 1 amide bonds. The smallest absolute Gasteiger partial charge is 0.253 e. The molecule has 0 saturated heterocycles. The number of imidazole rings is 1. The summed E-state index contributed by atoms with van der Waals surface area (Å²) in [5.74, 6) is 2.08. The predicted molar refractivity (Wildman–Crippen MR) is 122 cm³/mol. The van der Waals surface area contributed by atoms with Crippen LogP contribution in [0, 0.1) is 0 Å². The molecule has 1 aliphatic rings. The van der Waals surface area contributed by atoms with Gasteiger partial charge in [-0.1, -0.05) is 12.1 Å². The molecule has 0 bridgehead atoms. The van der Waals surface area contributed by atoms with Gasteiger partial charge in [-0.2, -0.15) is 0 Å². The van der Waals surface area contributed by atoms with E-state index in [4.69, 9.17) is 14.5 Å². The van der Waals surface area contributed by atoms with E-state index in [0.29, 0.717) is 36.1 Å². The topological polar surface area (TPSA) is 68.6 Å². The van der Waals surface area contributed by atoms with Crippen molar-refractivity contribution in [2.24, 2.45) is 0 Å². The van der Waals surface area contributed by atoms with Gasteiger partial charge in [-0.05, 0) is 51.1 Å². The quantitative estimate of drug-likeness (QED) is 0.647. The van der Waals surface area contributed by atoms with Crippen LogP contribution in [0.1, 0.15) is 32.4 Å². The van der Waals surface area contributed by atoms with Gasteiger partial charge < -0.3 is 19.7 Å². The van der Waals surface area contributed by atoms with Crippen molar-refractivity contribution in [2.75, 3.05) is 32.6 Å². The number of anilines is 1. The Hall–Kier alpha value is -3.48. The van der Waals surface area contributed by atoms with E-state index >= 15 is 0 Å². The zero-order chi connectivity index (χ0) is 22.1. The minimum absolute atomic E-state index is 0.00620. The van der Waals surface area contributed by atoms with Crippen molar-refractivity contribution < 1.29 is 14.3 Å². The van der Waals surface area contributed by atoms with Crippen LogP contribution >= 0.6 is 0 Å². The molecule has 0 fully saturated rings. The van der Waals surface area contributed by atoms with Crippen molar-refractivity contribution in [3.8, 4) is 11.5 Å². The van der Waals surface area contributed by atoms with Crippen LogP contribution in [0.15, 0.2) is 53.7 Å². The van der Waals surface area contributed by atoms with Gasteiger partial charge in [-0.25, -0.2) is 4.98 Å². The highest BCUT2D eigenvalue weighted by Crippen LogP contribution is 2.43. The predicted octanol–water partition coefficient (Wildman–Crippen LogP) is 4.21. The molecule has 1 aromatic heterocycles. The molecule has 7 nitrogen and oxygen atoms in total. The average molecular weight is 421 g/mol. The number of allylic oxidation sites excluding steroid dienone is 1. The molecule has 2 aromatic carbocycles. The lowest BCUT2D eigenvalue weighted by Crippen LogP contribution is -2.38.